The van der Waals surface area contributed by atoms with Crippen molar-refractivity contribution in [2.75, 3.05) is 32.7 Å². The molecule has 1 saturated heterocycles. The van der Waals surface area contributed by atoms with Crippen molar-refractivity contribution in [2.45, 2.75) is 19.6 Å². The molecule has 0 radical (unpaired) electrons. The second-order valence-corrected chi connectivity index (χ2v) is 6.50. The van der Waals surface area contributed by atoms with Crippen LogP contribution in [0.3, 0.4) is 0 Å². The maximum absolute atomic E-state index is 9.48. The van der Waals surface area contributed by atoms with Crippen LogP contribution in [0.15, 0.2) is 30.5 Å². The molecule has 1 aliphatic rings. The average Bonchev–Trinajstić information content (AvgIpc) is 2.48. The summed E-state index contributed by atoms with van der Waals surface area (Å²) in [6.07, 6.45) is 1.58. The lowest BCUT2D eigenvalue weighted by molar-refractivity contribution is 0.0782. The van der Waals surface area contributed by atoms with Gasteiger partial charge < -0.3 is 5.11 Å². The number of aromatic nitrogens is 1. The number of benzene rings is 1. The number of aliphatic hydroxyl groups is 1. The number of hydrogen-bond acceptors (Lipinski definition) is 4. The fourth-order valence-electron chi connectivity index (χ4n) is 3.09. The minimum Gasteiger partial charge on any atom is -0.392 e. The number of piperazine rings is 1. The van der Waals surface area contributed by atoms with Crippen LogP contribution in [0.2, 0.25) is 5.02 Å². The molecule has 1 aromatic carbocycles. The molecule has 2 heterocycles. The average molecular weight is 320 g/mol. The molecule has 2 aromatic rings. The van der Waals surface area contributed by atoms with Crippen LogP contribution in [0.5, 0.6) is 0 Å². The lowest BCUT2D eigenvalue weighted by Gasteiger charge is -2.35. The van der Waals surface area contributed by atoms with Crippen LogP contribution in [0.1, 0.15) is 12.5 Å². The van der Waals surface area contributed by atoms with Crippen molar-refractivity contribution < 1.29 is 5.11 Å². The molecule has 0 aliphatic carbocycles. The maximum Gasteiger partial charge on any atom is 0.0747 e. The zero-order valence-electron chi connectivity index (χ0n) is 12.9. The van der Waals surface area contributed by atoms with Crippen molar-refractivity contribution in [3.05, 3.63) is 41.0 Å². The molecule has 1 N–H and O–H groups in total. The SMILES string of the molecule is C[C@@H](O)CN1CCN(Cc2cc(Cl)cc3cccnc23)CC1. The smallest absolute Gasteiger partial charge is 0.0747 e. The van der Waals surface area contributed by atoms with Crippen LogP contribution < -0.4 is 0 Å². The summed E-state index contributed by atoms with van der Waals surface area (Å²) in [5.41, 5.74) is 2.23. The Labute approximate surface area is 136 Å². The summed E-state index contributed by atoms with van der Waals surface area (Å²) < 4.78 is 0. The van der Waals surface area contributed by atoms with Gasteiger partial charge in [-0.1, -0.05) is 17.7 Å². The van der Waals surface area contributed by atoms with Gasteiger partial charge in [0, 0.05) is 55.9 Å². The first-order valence-electron chi connectivity index (χ1n) is 7.78. The first-order chi connectivity index (χ1) is 10.6. The topological polar surface area (TPSA) is 39.6 Å². The molecule has 0 saturated carbocycles. The largest absolute Gasteiger partial charge is 0.392 e. The number of pyridine rings is 1. The van der Waals surface area contributed by atoms with E-state index in [2.05, 4.69) is 20.9 Å². The molecule has 0 bridgehead atoms. The van der Waals surface area contributed by atoms with Gasteiger partial charge in [0.15, 0.2) is 0 Å². The Kier molecular flexibility index (Phi) is 4.93. The zero-order chi connectivity index (χ0) is 15.5. The summed E-state index contributed by atoms with van der Waals surface area (Å²) in [4.78, 5) is 9.26. The third kappa shape index (κ3) is 3.76. The number of halogens is 1. The Bertz CT molecular complexity index is 639. The van der Waals surface area contributed by atoms with Gasteiger partial charge >= 0.3 is 0 Å². The number of nitrogens with zero attached hydrogens (tertiary/aromatic N) is 3. The van der Waals surface area contributed by atoms with Gasteiger partial charge in [-0.15, -0.1) is 0 Å². The highest BCUT2D eigenvalue weighted by Gasteiger charge is 2.19. The molecule has 3 rings (SSSR count). The van der Waals surface area contributed by atoms with E-state index in [1.165, 1.54) is 5.56 Å². The molecule has 1 aliphatic heterocycles. The van der Waals surface area contributed by atoms with Gasteiger partial charge in [0.2, 0.25) is 0 Å². The third-order valence-electron chi connectivity index (χ3n) is 4.13. The standard InChI is InChI=1S/C17H22ClN3O/c1-13(22)11-20-5-7-21(8-6-20)12-15-10-16(18)9-14-3-2-4-19-17(14)15/h2-4,9-10,13,22H,5-8,11-12H2,1H3/t13-/m1/s1. The molecule has 1 aromatic heterocycles. The van der Waals surface area contributed by atoms with E-state index in [0.29, 0.717) is 0 Å². The van der Waals surface area contributed by atoms with Crippen molar-refractivity contribution in [1.82, 2.24) is 14.8 Å². The summed E-state index contributed by atoms with van der Waals surface area (Å²) in [5.74, 6) is 0. The van der Waals surface area contributed by atoms with E-state index < -0.39 is 0 Å². The number of fused-ring (bicyclic) bond motifs is 1. The van der Waals surface area contributed by atoms with Crippen molar-refractivity contribution in [2.24, 2.45) is 0 Å². The minimum absolute atomic E-state index is 0.257. The molecule has 0 amide bonds. The van der Waals surface area contributed by atoms with E-state index in [0.717, 1.165) is 55.2 Å². The van der Waals surface area contributed by atoms with E-state index in [4.69, 9.17) is 11.6 Å². The van der Waals surface area contributed by atoms with E-state index in [1.807, 2.05) is 31.3 Å². The van der Waals surface area contributed by atoms with Gasteiger partial charge in [0.1, 0.15) is 0 Å². The highest BCUT2D eigenvalue weighted by atomic mass is 35.5. The fourth-order valence-corrected chi connectivity index (χ4v) is 3.34. The van der Waals surface area contributed by atoms with Crippen LogP contribution in [0, 0.1) is 0 Å². The van der Waals surface area contributed by atoms with Crippen LogP contribution in [-0.4, -0.2) is 58.7 Å². The molecule has 1 atom stereocenters. The highest BCUT2D eigenvalue weighted by molar-refractivity contribution is 6.31. The van der Waals surface area contributed by atoms with Crippen LogP contribution in [0.4, 0.5) is 0 Å². The maximum atomic E-state index is 9.48. The van der Waals surface area contributed by atoms with Gasteiger partial charge in [-0.3, -0.25) is 14.8 Å². The van der Waals surface area contributed by atoms with E-state index in [-0.39, 0.29) is 6.10 Å². The molecule has 4 nitrogen and oxygen atoms in total. The first kappa shape index (κ1) is 15.7. The van der Waals surface area contributed by atoms with E-state index in [1.54, 1.807) is 0 Å². The van der Waals surface area contributed by atoms with Gasteiger partial charge in [-0.25, -0.2) is 0 Å². The lowest BCUT2D eigenvalue weighted by atomic mass is 10.1. The van der Waals surface area contributed by atoms with Crippen LogP contribution >= 0.6 is 11.6 Å². The van der Waals surface area contributed by atoms with Crippen LogP contribution in [0.25, 0.3) is 10.9 Å². The Balaban J connectivity index is 1.70. The van der Waals surface area contributed by atoms with Crippen LogP contribution in [-0.2, 0) is 6.54 Å². The van der Waals surface area contributed by atoms with Gasteiger partial charge in [-0.05, 0) is 30.7 Å². The predicted octanol–water partition coefficient (Wildman–Crippen LogP) is 2.39. The zero-order valence-corrected chi connectivity index (χ0v) is 13.6. The molecule has 118 valence electrons. The Morgan fingerprint density at radius 2 is 1.95 bits per heavy atom. The summed E-state index contributed by atoms with van der Waals surface area (Å²) in [6.45, 7) is 7.48. The predicted molar refractivity (Wildman–Crippen MR) is 90.2 cm³/mol. The minimum atomic E-state index is -0.257. The van der Waals surface area contributed by atoms with E-state index in [9.17, 15) is 5.11 Å². The molecule has 5 heteroatoms. The molecular weight excluding hydrogens is 298 g/mol. The van der Waals surface area contributed by atoms with Crippen molar-refractivity contribution in [3.8, 4) is 0 Å². The fraction of sp³-hybridized carbons (Fsp3) is 0.471. The number of aliphatic hydroxyl groups excluding tert-OH is 1. The molecular formula is C17H22ClN3O. The molecule has 0 unspecified atom stereocenters. The van der Waals surface area contributed by atoms with Gasteiger partial charge in [0.05, 0.1) is 11.6 Å². The van der Waals surface area contributed by atoms with Gasteiger partial charge in [-0.2, -0.15) is 0 Å². The second-order valence-electron chi connectivity index (χ2n) is 6.07. The van der Waals surface area contributed by atoms with Gasteiger partial charge in [0.25, 0.3) is 0 Å². The monoisotopic (exact) mass is 319 g/mol. The summed E-state index contributed by atoms with van der Waals surface area (Å²) >= 11 is 6.24. The highest BCUT2D eigenvalue weighted by Crippen LogP contribution is 2.23. The molecule has 0 spiro atoms. The third-order valence-corrected chi connectivity index (χ3v) is 4.35. The van der Waals surface area contributed by atoms with E-state index >= 15 is 0 Å². The van der Waals surface area contributed by atoms with Crippen molar-refractivity contribution in [1.29, 1.82) is 0 Å². The number of hydrogen-bond donors (Lipinski definition) is 1. The number of rotatable bonds is 4. The number of β-amino-alcohol motifs (C(OH)–C–C–N with tert-alkyl or cyclic N) is 1. The van der Waals surface area contributed by atoms with Crippen molar-refractivity contribution in [3.63, 3.8) is 0 Å². The summed E-state index contributed by atoms with van der Waals surface area (Å²) in [6, 6.07) is 7.99. The Morgan fingerprint density at radius 1 is 1.23 bits per heavy atom. The lowest BCUT2D eigenvalue weighted by Crippen LogP contribution is -2.47. The molecule has 22 heavy (non-hydrogen) atoms. The summed E-state index contributed by atoms with van der Waals surface area (Å²) in [5, 5.41) is 11.3. The molecule has 1 fully saturated rings. The normalized spacial score (nSPS) is 18.7. The Morgan fingerprint density at radius 3 is 2.68 bits per heavy atom. The van der Waals surface area contributed by atoms with Crippen molar-refractivity contribution >= 4 is 22.5 Å². The first-order valence-corrected chi connectivity index (χ1v) is 8.15. The quantitative estimate of drug-likeness (QED) is 0.939. The summed E-state index contributed by atoms with van der Waals surface area (Å²) in [7, 11) is 0. The Hall–Kier alpha value is -1.20. The second kappa shape index (κ2) is 6.92.